The zero-order chi connectivity index (χ0) is 30.0. The first-order chi connectivity index (χ1) is 18.8. The monoisotopic (exact) mass is 545 g/mol. The van der Waals surface area contributed by atoms with Gasteiger partial charge < -0.3 is 26.0 Å². The van der Waals surface area contributed by atoms with Crippen LogP contribution in [0.15, 0.2) is 42.5 Å². The van der Waals surface area contributed by atoms with Gasteiger partial charge in [-0.15, -0.1) is 6.42 Å². The summed E-state index contributed by atoms with van der Waals surface area (Å²) in [7, 11) is 0. The minimum absolute atomic E-state index is 0.183. The van der Waals surface area contributed by atoms with Gasteiger partial charge in [0.1, 0.15) is 24.2 Å². The van der Waals surface area contributed by atoms with E-state index in [1.54, 1.807) is 45.0 Å². The molecule has 0 bridgehead atoms. The van der Waals surface area contributed by atoms with Crippen LogP contribution in [0.1, 0.15) is 61.9 Å². The number of anilines is 1. The van der Waals surface area contributed by atoms with Crippen LogP contribution in [-0.4, -0.2) is 46.9 Å². The minimum Gasteiger partial charge on any atom is -0.444 e. The number of para-hydroxylation sites is 1. The number of primary amides is 1. The molecule has 2 unspecified atom stereocenters. The molecule has 40 heavy (non-hydrogen) atoms. The Labute approximate surface area is 234 Å². The van der Waals surface area contributed by atoms with Crippen LogP contribution in [0.5, 0.6) is 0 Å². The smallest absolute Gasteiger partial charge is 0.408 e. The van der Waals surface area contributed by atoms with Crippen molar-refractivity contribution in [1.29, 1.82) is 5.26 Å². The molecular weight excluding hydrogens is 510 g/mol. The second-order valence-electron chi connectivity index (χ2n) is 10.2. The molecule has 2 aromatic rings. The van der Waals surface area contributed by atoms with E-state index in [1.165, 1.54) is 0 Å². The van der Waals surface area contributed by atoms with E-state index in [-0.39, 0.29) is 12.8 Å². The molecule has 0 aliphatic heterocycles. The molecule has 10 heteroatoms. The molecule has 4 N–H and O–H groups in total. The molecule has 2 rings (SSSR count). The summed E-state index contributed by atoms with van der Waals surface area (Å²) in [6.07, 6.45) is 4.39. The number of alkyl carbamates (subject to hydrolysis) is 1. The van der Waals surface area contributed by atoms with Crippen molar-refractivity contribution in [3.63, 3.8) is 0 Å². The van der Waals surface area contributed by atoms with Gasteiger partial charge in [-0.25, -0.2) is 4.79 Å². The minimum atomic E-state index is -1.35. The summed E-state index contributed by atoms with van der Waals surface area (Å²) >= 11 is 0. The van der Waals surface area contributed by atoms with Crippen LogP contribution >= 0.6 is 0 Å². The van der Waals surface area contributed by atoms with Gasteiger partial charge in [-0.1, -0.05) is 42.3 Å². The molecule has 0 radical (unpaired) electrons. The lowest BCUT2D eigenvalue weighted by molar-refractivity contribution is -0.140. The van der Waals surface area contributed by atoms with Gasteiger partial charge in [-0.2, -0.15) is 5.26 Å². The highest BCUT2D eigenvalue weighted by Crippen LogP contribution is 2.29. The third kappa shape index (κ3) is 8.60. The summed E-state index contributed by atoms with van der Waals surface area (Å²) in [5.74, 6) is 0.427. The largest absolute Gasteiger partial charge is 0.444 e. The van der Waals surface area contributed by atoms with Crippen molar-refractivity contribution < 1.29 is 23.9 Å². The number of hydrogen-bond acceptors (Lipinski definition) is 6. The average molecular weight is 546 g/mol. The number of nitrogens with two attached hydrogens (primary N) is 1. The van der Waals surface area contributed by atoms with Crippen molar-refractivity contribution in [2.24, 2.45) is 5.73 Å². The summed E-state index contributed by atoms with van der Waals surface area (Å²) in [5, 5.41) is 15.1. The van der Waals surface area contributed by atoms with Crippen molar-refractivity contribution in [3.05, 3.63) is 64.7 Å². The Morgan fingerprint density at radius 3 is 2.25 bits per heavy atom. The van der Waals surface area contributed by atoms with Crippen LogP contribution in [0.3, 0.4) is 0 Å². The van der Waals surface area contributed by atoms with Crippen LogP contribution in [0.2, 0.25) is 0 Å². The molecule has 0 heterocycles. The quantitative estimate of drug-likeness (QED) is 0.307. The molecule has 0 aliphatic carbocycles. The predicted molar refractivity (Wildman–Crippen MR) is 151 cm³/mol. The number of nitrogens with one attached hydrogen (secondary N) is 2. The second kappa shape index (κ2) is 13.8. The number of amides is 4. The number of rotatable bonds is 10. The number of carbonyl (C=O) groups excluding carboxylic acids is 4. The standard InChI is InChI=1S/C30H35N5O5/c1-7-21-13-8-9-14-22(21)26(27(37)34-25-19(2)11-10-12-20(25)3)35(18-17-31)28(38)23(15-16-24(32)36)33-29(39)40-30(4,5)6/h1,8-14,23,26H,15-16,18H2,2-6H3,(H2,32,36)(H,33,39)(H,34,37). The molecular formula is C30H35N5O5. The highest BCUT2D eigenvalue weighted by Gasteiger charge is 2.37. The SMILES string of the molecule is C#Cc1ccccc1C(C(=O)Nc1c(C)cccc1C)N(CC#N)C(=O)C(CCC(N)=O)NC(=O)OC(C)(C)C. The lowest BCUT2D eigenvalue weighted by Crippen LogP contribution is -2.52. The summed E-state index contributed by atoms with van der Waals surface area (Å²) in [6, 6.07) is 11.3. The molecule has 0 aromatic heterocycles. The molecule has 0 aliphatic rings. The Hall–Kier alpha value is -4.83. The fourth-order valence-electron chi connectivity index (χ4n) is 4.09. The van der Waals surface area contributed by atoms with Crippen molar-refractivity contribution in [1.82, 2.24) is 10.2 Å². The van der Waals surface area contributed by atoms with Crippen molar-refractivity contribution in [2.75, 3.05) is 11.9 Å². The molecule has 0 fully saturated rings. The zero-order valence-electron chi connectivity index (χ0n) is 23.4. The lowest BCUT2D eigenvalue weighted by atomic mass is 9.96. The summed E-state index contributed by atoms with van der Waals surface area (Å²) in [5.41, 5.74) is 7.23. The number of ether oxygens (including phenoxy) is 1. The summed E-state index contributed by atoms with van der Waals surface area (Å²) in [4.78, 5) is 53.1. The van der Waals surface area contributed by atoms with Crippen molar-refractivity contribution in [2.45, 2.75) is 65.1 Å². The van der Waals surface area contributed by atoms with E-state index >= 15 is 0 Å². The van der Waals surface area contributed by atoms with E-state index in [4.69, 9.17) is 16.9 Å². The van der Waals surface area contributed by atoms with Gasteiger partial charge in [-0.3, -0.25) is 14.4 Å². The Balaban J connectivity index is 2.62. The van der Waals surface area contributed by atoms with Gasteiger partial charge in [0.25, 0.3) is 5.91 Å². The van der Waals surface area contributed by atoms with Gasteiger partial charge in [0.15, 0.2) is 0 Å². The number of carbonyl (C=O) groups is 4. The molecule has 10 nitrogen and oxygen atoms in total. The first kappa shape index (κ1) is 31.4. The van der Waals surface area contributed by atoms with E-state index < -0.39 is 48.0 Å². The van der Waals surface area contributed by atoms with Crippen LogP contribution in [0.4, 0.5) is 10.5 Å². The number of nitriles is 1. The molecule has 210 valence electrons. The van der Waals surface area contributed by atoms with Gasteiger partial charge in [-0.05, 0) is 63.8 Å². The molecule has 2 atom stereocenters. The Bertz CT molecular complexity index is 1330. The molecule has 0 spiro atoms. The maximum atomic E-state index is 14.0. The number of benzene rings is 2. The maximum absolute atomic E-state index is 14.0. The van der Waals surface area contributed by atoms with Gasteiger partial charge in [0.2, 0.25) is 11.8 Å². The van der Waals surface area contributed by atoms with E-state index in [0.29, 0.717) is 16.8 Å². The predicted octanol–water partition coefficient (Wildman–Crippen LogP) is 3.48. The summed E-state index contributed by atoms with van der Waals surface area (Å²) in [6.45, 7) is 8.09. The third-order valence-electron chi connectivity index (χ3n) is 5.89. The molecule has 0 saturated heterocycles. The first-order valence-electron chi connectivity index (χ1n) is 12.7. The fourth-order valence-corrected chi connectivity index (χ4v) is 4.09. The second-order valence-corrected chi connectivity index (χ2v) is 10.2. The number of aryl methyl sites for hydroxylation is 2. The highest BCUT2D eigenvalue weighted by molar-refractivity contribution is 6.00. The molecule has 4 amide bonds. The highest BCUT2D eigenvalue weighted by atomic mass is 16.6. The Morgan fingerprint density at radius 1 is 1.07 bits per heavy atom. The van der Waals surface area contributed by atoms with Crippen LogP contribution in [0.25, 0.3) is 0 Å². The maximum Gasteiger partial charge on any atom is 0.408 e. The Kier molecular flexibility index (Phi) is 10.8. The zero-order valence-corrected chi connectivity index (χ0v) is 23.4. The van der Waals surface area contributed by atoms with Crippen LogP contribution in [-0.2, 0) is 19.1 Å². The van der Waals surface area contributed by atoms with E-state index in [9.17, 15) is 24.4 Å². The molecule has 0 saturated carbocycles. The topological polar surface area (TPSA) is 155 Å². The van der Waals surface area contributed by atoms with E-state index in [0.717, 1.165) is 16.0 Å². The van der Waals surface area contributed by atoms with Crippen molar-refractivity contribution in [3.8, 4) is 18.4 Å². The Morgan fingerprint density at radius 2 is 1.70 bits per heavy atom. The van der Waals surface area contributed by atoms with E-state index in [1.807, 2.05) is 38.1 Å². The van der Waals surface area contributed by atoms with Gasteiger partial charge >= 0.3 is 6.09 Å². The van der Waals surface area contributed by atoms with Crippen LogP contribution < -0.4 is 16.4 Å². The van der Waals surface area contributed by atoms with Crippen molar-refractivity contribution >= 4 is 29.5 Å². The number of terminal acetylenes is 1. The van der Waals surface area contributed by atoms with Gasteiger partial charge in [0.05, 0.1) is 6.07 Å². The number of nitrogens with zero attached hydrogens (tertiary/aromatic N) is 2. The molecule has 2 aromatic carbocycles. The lowest BCUT2D eigenvalue weighted by Gasteiger charge is -2.33. The van der Waals surface area contributed by atoms with E-state index in [2.05, 4.69) is 16.6 Å². The summed E-state index contributed by atoms with van der Waals surface area (Å²) < 4.78 is 5.29. The third-order valence-corrected chi connectivity index (χ3v) is 5.89. The average Bonchev–Trinajstić information content (AvgIpc) is 2.87. The first-order valence-corrected chi connectivity index (χ1v) is 12.7. The fraction of sp³-hybridized carbons (Fsp3) is 0.367. The van der Waals surface area contributed by atoms with Crippen LogP contribution in [0, 0.1) is 37.5 Å². The normalized spacial score (nSPS) is 12.2. The van der Waals surface area contributed by atoms with Gasteiger partial charge in [0, 0.05) is 17.7 Å². The number of hydrogen-bond donors (Lipinski definition) is 3.